The van der Waals surface area contributed by atoms with Crippen LogP contribution in [0.1, 0.15) is 12.0 Å². The molecule has 7 heteroatoms. The Morgan fingerprint density at radius 1 is 1.18 bits per heavy atom. The van der Waals surface area contributed by atoms with E-state index in [9.17, 15) is 26.7 Å². The maximum atomic E-state index is 13.3. The fraction of sp³-hybridized carbons (Fsp3) is 0.300. The second kappa shape index (κ2) is 3.18. The van der Waals surface area contributed by atoms with Gasteiger partial charge in [-0.05, 0) is 0 Å². The van der Waals surface area contributed by atoms with Crippen LogP contribution < -0.4 is 0 Å². The quantitative estimate of drug-likeness (QED) is 0.821. The molecule has 92 valence electrons. The number of aliphatic carboxylic acids is 1. The smallest absolute Gasteiger partial charge is 0.320 e. The maximum Gasteiger partial charge on any atom is 0.320 e. The van der Waals surface area contributed by atoms with E-state index >= 15 is 0 Å². The Bertz CT molecular complexity index is 490. The molecule has 1 N–H and O–H groups in total. The van der Waals surface area contributed by atoms with Gasteiger partial charge in [-0.3, -0.25) is 4.79 Å². The second-order valence-corrected chi connectivity index (χ2v) is 3.84. The molecule has 1 aromatic carbocycles. The van der Waals surface area contributed by atoms with Crippen LogP contribution >= 0.6 is 0 Å². The summed E-state index contributed by atoms with van der Waals surface area (Å²) in [5, 5.41) is 8.70. The van der Waals surface area contributed by atoms with Crippen LogP contribution in [-0.4, -0.2) is 17.0 Å². The van der Waals surface area contributed by atoms with Gasteiger partial charge in [0.25, 0.3) is 5.92 Å². The van der Waals surface area contributed by atoms with Gasteiger partial charge in [0.15, 0.2) is 5.41 Å². The van der Waals surface area contributed by atoms with Crippen LogP contribution in [0.2, 0.25) is 0 Å². The van der Waals surface area contributed by atoms with Crippen LogP contribution in [0.4, 0.5) is 22.0 Å². The van der Waals surface area contributed by atoms with E-state index < -0.39 is 46.7 Å². The Morgan fingerprint density at radius 2 is 1.59 bits per heavy atom. The number of carboxylic acids is 1. The molecule has 1 atom stereocenters. The van der Waals surface area contributed by atoms with Gasteiger partial charge in [-0.15, -0.1) is 0 Å². The normalized spacial score (nSPS) is 25.7. The molecule has 0 bridgehead atoms. The molecule has 1 fully saturated rings. The first kappa shape index (κ1) is 11.8. The van der Waals surface area contributed by atoms with Crippen molar-refractivity contribution in [1.29, 1.82) is 0 Å². The summed E-state index contributed by atoms with van der Waals surface area (Å²) >= 11 is 0. The highest BCUT2D eigenvalue weighted by Crippen LogP contribution is 2.62. The molecule has 0 heterocycles. The van der Waals surface area contributed by atoms with Crippen LogP contribution in [0, 0.1) is 17.5 Å². The average molecular weight is 252 g/mol. The van der Waals surface area contributed by atoms with E-state index in [2.05, 4.69) is 0 Å². The predicted molar refractivity (Wildman–Crippen MR) is 45.2 cm³/mol. The summed E-state index contributed by atoms with van der Waals surface area (Å²) in [6, 6.07) is 0.356. The third-order valence-electron chi connectivity index (χ3n) is 2.79. The minimum absolute atomic E-state index is 0.178. The summed E-state index contributed by atoms with van der Waals surface area (Å²) < 4.78 is 65.2. The summed E-state index contributed by atoms with van der Waals surface area (Å²) in [6.45, 7) is 0. The Labute approximate surface area is 91.7 Å². The molecule has 0 amide bonds. The molecule has 0 spiro atoms. The van der Waals surface area contributed by atoms with Gasteiger partial charge < -0.3 is 5.11 Å². The number of rotatable bonds is 2. The number of hydrogen-bond donors (Lipinski definition) is 1. The van der Waals surface area contributed by atoms with Gasteiger partial charge in [0.2, 0.25) is 0 Å². The van der Waals surface area contributed by atoms with Crippen molar-refractivity contribution in [1.82, 2.24) is 0 Å². The van der Waals surface area contributed by atoms with Gasteiger partial charge >= 0.3 is 5.97 Å². The number of alkyl halides is 2. The lowest BCUT2D eigenvalue weighted by atomic mass is 9.94. The number of halogens is 5. The zero-order chi connectivity index (χ0) is 13.0. The van der Waals surface area contributed by atoms with Crippen LogP contribution in [0.5, 0.6) is 0 Å². The average Bonchev–Trinajstić information content (AvgIpc) is 2.68. The lowest BCUT2D eigenvalue weighted by Gasteiger charge is -2.13. The van der Waals surface area contributed by atoms with E-state index in [1.807, 2.05) is 0 Å². The summed E-state index contributed by atoms with van der Waals surface area (Å²) in [7, 11) is 0. The Kier molecular flexibility index (Phi) is 2.21. The van der Waals surface area contributed by atoms with E-state index in [0.717, 1.165) is 0 Å². The first-order valence-corrected chi connectivity index (χ1v) is 4.48. The molecule has 1 unspecified atom stereocenters. The lowest BCUT2D eigenvalue weighted by molar-refractivity contribution is -0.143. The van der Waals surface area contributed by atoms with Crippen molar-refractivity contribution in [2.45, 2.75) is 17.8 Å². The molecule has 1 aromatic rings. The third-order valence-corrected chi connectivity index (χ3v) is 2.79. The first-order chi connectivity index (χ1) is 7.72. The summed E-state index contributed by atoms with van der Waals surface area (Å²) in [4.78, 5) is 10.8. The van der Waals surface area contributed by atoms with E-state index in [-0.39, 0.29) is 12.1 Å². The standard InChI is InChI=1S/C10H5F5O2/c11-4-1-5(12)7(6(13)2-4)9(8(16)17)3-10(9,14)15/h1-2H,3H2,(H,16,17). The second-order valence-electron chi connectivity index (χ2n) is 3.84. The molecule has 0 radical (unpaired) electrons. The van der Waals surface area contributed by atoms with Crippen molar-refractivity contribution >= 4 is 5.97 Å². The van der Waals surface area contributed by atoms with Crippen LogP contribution in [-0.2, 0) is 10.2 Å². The van der Waals surface area contributed by atoms with Gasteiger partial charge in [-0.25, -0.2) is 22.0 Å². The van der Waals surface area contributed by atoms with Crippen LogP contribution in [0.15, 0.2) is 12.1 Å². The summed E-state index contributed by atoms with van der Waals surface area (Å²) in [5.41, 5.74) is -4.22. The molecular formula is C10H5F5O2. The number of carboxylic acid groups (broad SMARTS) is 1. The highest BCUT2D eigenvalue weighted by molar-refractivity contribution is 5.88. The minimum Gasteiger partial charge on any atom is -0.480 e. The fourth-order valence-electron chi connectivity index (χ4n) is 1.85. The van der Waals surface area contributed by atoms with Crippen molar-refractivity contribution in [2.24, 2.45) is 0 Å². The fourth-order valence-corrected chi connectivity index (χ4v) is 1.85. The minimum atomic E-state index is -3.74. The number of hydrogen-bond acceptors (Lipinski definition) is 1. The Morgan fingerprint density at radius 3 is 1.88 bits per heavy atom. The SMILES string of the molecule is O=C(O)C1(c2c(F)cc(F)cc2F)CC1(F)F. The number of carbonyl (C=O) groups is 1. The Balaban J connectivity index is 2.66. The third kappa shape index (κ3) is 1.41. The number of benzene rings is 1. The van der Waals surface area contributed by atoms with E-state index in [1.54, 1.807) is 0 Å². The molecule has 0 aliphatic heterocycles. The van der Waals surface area contributed by atoms with Crippen LogP contribution in [0.3, 0.4) is 0 Å². The van der Waals surface area contributed by atoms with Gasteiger partial charge in [-0.2, -0.15) is 0 Å². The van der Waals surface area contributed by atoms with Crippen molar-refractivity contribution in [3.05, 3.63) is 35.1 Å². The molecule has 1 aliphatic rings. The first-order valence-electron chi connectivity index (χ1n) is 4.48. The van der Waals surface area contributed by atoms with Crippen molar-refractivity contribution in [3.63, 3.8) is 0 Å². The van der Waals surface area contributed by atoms with Crippen molar-refractivity contribution in [2.75, 3.05) is 0 Å². The molecule has 0 aromatic heterocycles. The molecule has 0 saturated heterocycles. The lowest BCUT2D eigenvalue weighted by Crippen LogP contribution is -2.29. The molecule has 17 heavy (non-hydrogen) atoms. The van der Waals surface area contributed by atoms with E-state index in [1.165, 1.54) is 0 Å². The van der Waals surface area contributed by atoms with Crippen LogP contribution in [0.25, 0.3) is 0 Å². The van der Waals surface area contributed by atoms with Gasteiger partial charge in [0.05, 0.1) is 0 Å². The molecular weight excluding hydrogens is 247 g/mol. The van der Waals surface area contributed by atoms with Crippen molar-refractivity contribution < 1.29 is 31.9 Å². The highest BCUT2D eigenvalue weighted by atomic mass is 19.3. The van der Waals surface area contributed by atoms with Gasteiger partial charge in [0.1, 0.15) is 17.5 Å². The zero-order valence-electron chi connectivity index (χ0n) is 8.11. The molecule has 2 rings (SSSR count). The zero-order valence-corrected chi connectivity index (χ0v) is 8.11. The highest BCUT2D eigenvalue weighted by Gasteiger charge is 2.79. The predicted octanol–water partition coefficient (Wildman–Crippen LogP) is 2.47. The monoisotopic (exact) mass is 252 g/mol. The maximum absolute atomic E-state index is 13.3. The van der Waals surface area contributed by atoms with Crippen molar-refractivity contribution in [3.8, 4) is 0 Å². The topological polar surface area (TPSA) is 37.3 Å². The Hall–Kier alpha value is -1.66. The van der Waals surface area contributed by atoms with E-state index in [0.29, 0.717) is 0 Å². The largest absolute Gasteiger partial charge is 0.480 e. The van der Waals surface area contributed by atoms with E-state index in [4.69, 9.17) is 5.11 Å². The van der Waals surface area contributed by atoms with Gasteiger partial charge in [-0.1, -0.05) is 0 Å². The van der Waals surface area contributed by atoms with Gasteiger partial charge in [0, 0.05) is 24.1 Å². The molecule has 1 saturated carbocycles. The molecule has 1 aliphatic carbocycles. The molecule has 2 nitrogen and oxygen atoms in total. The summed E-state index contributed by atoms with van der Waals surface area (Å²) in [6.07, 6.45) is -1.20. The summed E-state index contributed by atoms with van der Waals surface area (Å²) in [5.74, 6) is -10.3.